The molecule has 1 heterocycles. The van der Waals surface area contributed by atoms with E-state index in [1.807, 2.05) is 6.07 Å². The van der Waals surface area contributed by atoms with Gasteiger partial charge >= 0.3 is 7.12 Å². The summed E-state index contributed by atoms with van der Waals surface area (Å²) in [5.41, 5.74) is 1.45. The third-order valence-corrected chi connectivity index (χ3v) is 4.25. The van der Waals surface area contributed by atoms with Crippen molar-refractivity contribution in [2.24, 2.45) is 5.92 Å². The molecule has 0 bridgehead atoms. The Morgan fingerprint density at radius 3 is 2.71 bits per heavy atom. The van der Waals surface area contributed by atoms with Crippen LogP contribution in [0.4, 0.5) is 0 Å². The normalized spacial score (nSPS) is 23.1. The second-order valence-electron chi connectivity index (χ2n) is 5.73. The molecule has 116 valence electrons. The minimum Gasteiger partial charge on any atom is -0.497 e. The van der Waals surface area contributed by atoms with Crippen molar-refractivity contribution in [3.63, 3.8) is 0 Å². The number of hydrogen-bond acceptors (Lipinski definition) is 5. The molecule has 0 aromatic heterocycles. The van der Waals surface area contributed by atoms with Crippen LogP contribution in [0, 0.1) is 5.92 Å². The van der Waals surface area contributed by atoms with Gasteiger partial charge in [-0.05, 0) is 30.5 Å². The van der Waals surface area contributed by atoms with Gasteiger partial charge in [-0.3, -0.25) is 4.90 Å². The molecule has 0 amide bonds. The molecule has 1 fully saturated rings. The van der Waals surface area contributed by atoms with E-state index in [2.05, 4.69) is 11.8 Å². The van der Waals surface area contributed by atoms with Crippen molar-refractivity contribution in [2.75, 3.05) is 27.3 Å². The van der Waals surface area contributed by atoms with Gasteiger partial charge < -0.3 is 19.5 Å². The lowest BCUT2D eigenvalue weighted by atomic mass is 9.78. The average molecular weight is 293 g/mol. The van der Waals surface area contributed by atoms with E-state index in [1.165, 1.54) is 7.11 Å². The SMILES string of the molecule is COc1ccc(CN2CCC(C)C(OC)C2)cc1B(O)O. The van der Waals surface area contributed by atoms with Gasteiger partial charge in [-0.1, -0.05) is 19.1 Å². The minimum absolute atomic E-state index is 0.264. The van der Waals surface area contributed by atoms with Crippen LogP contribution >= 0.6 is 0 Å². The van der Waals surface area contributed by atoms with Crippen LogP contribution in [0.25, 0.3) is 0 Å². The number of methoxy groups -OCH3 is 2. The van der Waals surface area contributed by atoms with Gasteiger partial charge in [0, 0.05) is 25.7 Å². The summed E-state index contributed by atoms with van der Waals surface area (Å²) in [7, 11) is 1.77. The summed E-state index contributed by atoms with van der Waals surface area (Å²) in [4.78, 5) is 2.34. The zero-order chi connectivity index (χ0) is 15.4. The predicted octanol–water partition coefficient (Wildman–Crippen LogP) is 0.232. The van der Waals surface area contributed by atoms with Gasteiger partial charge in [0.2, 0.25) is 0 Å². The number of hydrogen-bond donors (Lipinski definition) is 2. The summed E-state index contributed by atoms with van der Waals surface area (Å²) < 4.78 is 10.7. The van der Waals surface area contributed by atoms with Crippen LogP contribution in [0.3, 0.4) is 0 Å². The lowest BCUT2D eigenvalue weighted by Crippen LogP contribution is -2.43. The second kappa shape index (κ2) is 7.27. The molecule has 2 unspecified atom stereocenters. The average Bonchev–Trinajstić information content (AvgIpc) is 2.49. The van der Waals surface area contributed by atoms with E-state index in [9.17, 15) is 10.0 Å². The van der Waals surface area contributed by atoms with Crippen molar-refractivity contribution in [2.45, 2.75) is 26.0 Å². The highest BCUT2D eigenvalue weighted by Crippen LogP contribution is 2.21. The Hall–Kier alpha value is -1.08. The smallest absolute Gasteiger partial charge is 0.492 e. The monoisotopic (exact) mass is 293 g/mol. The maximum atomic E-state index is 9.42. The van der Waals surface area contributed by atoms with Crippen LogP contribution in [-0.2, 0) is 11.3 Å². The zero-order valence-electron chi connectivity index (χ0n) is 13.0. The number of ether oxygens (including phenoxy) is 2. The molecule has 1 aliphatic heterocycles. The predicted molar refractivity (Wildman–Crippen MR) is 82.7 cm³/mol. The summed E-state index contributed by atoms with van der Waals surface area (Å²) in [6.07, 6.45) is 1.38. The second-order valence-corrected chi connectivity index (χ2v) is 5.73. The fourth-order valence-corrected chi connectivity index (χ4v) is 2.89. The highest BCUT2D eigenvalue weighted by atomic mass is 16.5. The fraction of sp³-hybridized carbons (Fsp3) is 0.600. The van der Waals surface area contributed by atoms with E-state index in [4.69, 9.17) is 9.47 Å². The van der Waals surface area contributed by atoms with E-state index in [0.717, 1.165) is 31.6 Å². The van der Waals surface area contributed by atoms with Gasteiger partial charge in [0.05, 0.1) is 13.2 Å². The number of nitrogens with zero attached hydrogens (tertiary/aromatic N) is 1. The molecule has 0 spiro atoms. The number of benzene rings is 1. The van der Waals surface area contributed by atoms with Crippen LogP contribution in [0.15, 0.2) is 18.2 Å². The molecule has 1 aromatic rings. The maximum Gasteiger partial charge on any atom is 0.492 e. The molecule has 1 aromatic carbocycles. The van der Waals surface area contributed by atoms with Crippen LogP contribution in [0.5, 0.6) is 5.75 Å². The first-order chi connectivity index (χ1) is 10.0. The van der Waals surface area contributed by atoms with E-state index >= 15 is 0 Å². The maximum absolute atomic E-state index is 9.42. The van der Waals surface area contributed by atoms with Crippen molar-refractivity contribution in [3.05, 3.63) is 23.8 Å². The molecular formula is C15H24BNO4. The standard InChI is InChI=1S/C15H24BNO4/c1-11-6-7-17(10-15(11)21-3)9-12-4-5-14(20-2)13(8-12)16(18)19/h4-5,8,11,15,18-19H,6-7,9-10H2,1-3H3. The number of likely N-dealkylation sites (tertiary alicyclic amines) is 1. The van der Waals surface area contributed by atoms with Crippen LogP contribution in [-0.4, -0.2) is 55.5 Å². The van der Waals surface area contributed by atoms with E-state index in [-0.39, 0.29) is 6.10 Å². The van der Waals surface area contributed by atoms with Gasteiger partial charge in [-0.25, -0.2) is 0 Å². The van der Waals surface area contributed by atoms with Crippen LogP contribution < -0.4 is 10.2 Å². The van der Waals surface area contributed by atoms with Gasteiger partial charge in [-0.15, -0.1) is 0 Å². The number of piperidine rings is 1. The molecule has 2 N–H and O–H groups in total. The summed E-state index contributed by atoms with van der Waals surface area (Å²) in [5, 5.41) is 18.8. The lowest BCUT2D eigenvalue weighted by Gasteiger charge is -2.36. The third-order valence-electron chi connectivity index (χ3n) is 4.25. The molecule has 0 aliphatic carbocycles. The summed E-state index contributed by atoms with van der Waals surface area (Å²) in [5.74, 6) is 1.08. The van der Waals surface area contributed by atoms with Crippen molar-refractivity contribution in [3.8, 4) is 5.75 Å². The summed E-state index contributed by atoms with van der Waals surface area (Å²) in [6, 6.07) is 5.54. The largest absolute Gasteiger partial charge is 0.497 e. The Kier molecular flexibility index (Phi) is 5.64. The van der Waals surface area contributed by atoms with Gasteiger partial charge in [0.1, 0.15) is 5.75 Å². The first kappa shape index (κ1) is 16.3. The van der Waals surface area contributed by atoms with Crippen LogP contribution in [0.2, 0.25) is 0 Å². The quantitative estimate of drug-likeness (QED) is 0.761. The van der Waals surface area contributed by atoms with Gasteiger partial charge in [0.25, 0.3) is 0 Å². The Morgan fingerprint density at radius 1 is 1.33 bits per heavy atom. The van der Waals surface area contributed by atoms with E-state index in [1.54, 1.807) is 19.2 Å². The van der Waals surface area contributed by atoms with Crippen LogP contribution in [0.1, 0.15) is 18.9 Å². The van der Waals surface area contributed by atoms with E-state index < -0.39 is 7.12 Å². The Labute approximate surface area is 126 Å². The van der Waals surface area contributed by atoms with Crippen molar-refractivity contribution in [1.29, 1.82) is 0 Å². The van der Waals surface area contributed by atoms with Crippen molar-refractivity contribution < 1.29 is 19.5 Å². The highest BCUT2D eigenvalue weighted by molar-refractivity contribution is 6.59. The molecular weight excluding hydrogens is 269 g/mol. The summed E-state index contributed by atoms with van der Waals surface area (Å²) >= 11 is 0. The molecule has 2 rings (SSSR count). The first-order valence-corrected chi connectivity index (χ1v) is 7.33. The van der Waals surface area contributed by atoms with Crippen molar-refractivity contribution >= 4 is 12.6 Å². The van der Waals surface area contributed by atoms with E-state index in [0.29, 0.717) is 17.1 Å². The molecule has 0 radical (unpaired) electrons. The molecule has 0 saturated carbocycles. The molecule has 6 heteroatoms. The fourth-order valence-electron chi connectivity index (χ4n) is 2.89. The third kappa shape index (κ3) is 3.98. The molecule has 5 nitrogen and oxygen atoms in total. The highest BCUT2D eigenvalue weighted by Gasteiger charge is 2.26. The zero-order valence-corrected chi connectivity index (χ0v) is 13.0. The Bertz CT molecular complexity index is 469. The summed E-state index contributed by atoms with van der Waals surface area (Å²) in [6.45, 7) is 4.93. The lowest BCUT2D eigenvalue weighted by molar-refractivity contribution is -0.00744. The molecule has 1 aliphatic rings. The van der Waals surface area contributed by atoms with Crippen molar-refractivity contribution in [1.82, 2.24) is 4.90 Å². The minimum atomic E-state index is -1.52. The van der Waals surface area contributed by atoms with Gasteiger partial charge in [0.15, 0.2) is 0 Å². The Balaban J connectivity index is 2.07. The van der Waals surface area contributed by atoms with Gasteiger partial charge in [-0.2, -0.15) is 0 Å². The molecule has 2 atom stereocenters. The topological polar surface area (TPSA) is 62.2 Å². The first-order valence-electron chi connectivity index (χ1n) is 7.33. The molecule has 21 heavy (non-hydrogen) atoms. The molecule has 1 saturated heterocycles. The number of rotatable bonds is 5. The Morgan fingerprint density at radius 2 is 2.10 bits per heavy atom.